The first-order valence-corrected chi connectivity index (χ1v) is 4.94. The Morgan fingerprint density at radius 2 is 1.67 bits per heavy atom. The van der Waals surface area contributed by atoms with Crippen LogP contribution >= 0.6 is 0 Å². The van der Waals surface area contributed by atoms with Crippen molar-refractivity contribution in [3.8, 4) is 0 Å². The number of nitrogens with two attached hydrogens (primary N) is 1. The van der Waals surface area contributed by atoms with E-state index in [-0.39, 0.29) is 11.8 Å². The van der Waals surface area contributed by atoms with E-state index >= 15 is 0 Å². The van der Waals surface area contributed by atoms with E-state index in [1.807, 2.05) is 6.92 Å². The minimum absolute atomic E-state index is 0.0925. The lowest BCUT2D eigenvalue weighted by molar-refractivity contribution is -0.122. The molecule has 0 heterocycles. The van der Waals surface area contributed by atoms with Crippen molar-refractivity contribution >= 4 is 5.91 Å². The van der Waals surface area contributed by atoms with Gasteiger partial charge in [0.1, 0.15) is 0 Å². The van der Waals surface area contributed by atoms with Gasteiger partial charge in [0.05, 0.1) is 0 Å². The summed E-state index contributed by atoms with van der Waals surface area (Å²) in [6.45, 7) is 6.36. The average Bonchev–Trinajstić information content (AvgIpc) is 2.06. The SMILES string of the molecule is CCC(CC)C[C@@H](CC)C(N)=O. The van der Waals surface area contributed by atoms with Crippen molar-refractivity contribution in [2.45, 2.75) is 46.5 Å². The molecule has 0 bridgehead atoms. The predicted octanol–water partition coefficient (Wildman–Crippen LogP) is 2.32. The maximum absolute atomic E-state index is 10.9. The van der Waals surface area contributed by atoms with Crippen LogP contribution in [0.25, 0.3) is 0 Å². The molecule has 0 fully saturated rings. The summed E-state index contributed by atoms with van der Waals surface area (Å²) in [6, 6.07) is 0. The molecule has 12 heavy (non-hydrogen) atoms. The van der Waals surface area contributed by atoms with Crippen LogP contribution in [0.1, 0.15) is 46.5 Å². The summed E-state index contributed by atoms with van der Waals surface area (Å²) >= 11 is 0. The van der Waals surface area contributed by atoms with E-state index in [1.165, 1.54) is 0 Å². The van der Waals surface area contributed by atoms with Crippen LogP contribution in [0.2, 0.25) is 0 Å². The van der Waals surface area contributed by atoms with E-state index < -0.39 is 0 Å². The largest absolute Gasteiger partial charge is 0.369 e. The minimum Gasteiger partial charge on any atom is -0.369 e. The summed E-state index contributed by atoms with van der Waals surface area (Å²) in [7, 11) is 0. The van der Waals surface area contributed by atoms with Gasteiger partial charge in [-0.2, -0.15) is 0 Å². The highest BCUT2D eigenvalue weighted by molar-refractivity contribution is 5.76. The fraction of sp³-hybridized carbons (Fsp3) is 0.900. The summed E-state index contributed by atoms with van der Waals surface area (Å²) in [5.74, 6) is 0.627. The van der Waals surface area contributed by atoms with Crippen molar-refractivity contribution in [3.63, 3.8) is 0 Å². The van der Waals surface area contributed by atoms with Gasteiger partial charge in [-0.3, -0.25) is 4.79 Å². The summed E-state index contributed by atoms with van der Waals surface area (Å²) < 4.78 is 0. The number of hydrogen-bond donors (Lipinski definition) is 1. The van der Waals surface area contributed by atoms with Crippen molar-refractivity contribution < 1.29 is 4.79 Å². The van der Waals surface area contributed by atoms with Gasteiger partial charge in [-0.1, -0.05) is 33.6 Å². The molecule has 0 aliphatic heterocycles. The Morgan fingerprint density at radius 1 is 1.17 bits per heavy atom. The molecule has 0 aliphatic rings. The van der Waals surface area contributed by atoms with Gasteiger partial charge in [-0.25, -0.2) is 0 Å². The van der Waals surface area contributed by atoms with Crippen LogP contribution in [0.5, 0.6) is 0 Å². The predicted molar refractivity (Wildman–Crippen MR) is 51.7 cm³/mol. The minimum atomic E-state index is -0.135. The third-order valence-corrected chi connectivity index (χ3v) is 2.67. The maximum atomic E-state index is 10.9. The van der Waals surface area contributed by atoms with Gasteiger partial charge in [0.15, 0.2) is 0 Å². The monoisotopic (exact) mass is 171 g/mol. The first-order chi connectivity index (χ1) is 5.65. The van der Waals surface area contributed by atoms with E-state index in [0.717, 1.165) is 25.7 Å². The molecule has 2 heteroatoms. The van der Waals surface area contributed by atoms with Gasteiger partial charge in [0.25, 0.3) is 0 Å². The first-order valence-electron chi connectivity index (χ1n) is 4.94. The fourth-order valence-electron chi connectivity index (χ4n) is 1.51. The summed E-state index contributed by atoms with van der Waals surface area (Å²) in [5.41, 5.74) is 5.27. The highest BCUT2D eigenvalue weighted by Gasteiger charge is 2.16. The van der Waals surface area contributed by atoms with Gasteiger partial charge in [0.2, 0.25) is 5.91 Å². The zero-order chi connectivity index (χ0) is 9.56. The van der Waals surface area contributed by atoms with Crippen LogP contribution in [0.4, 0.5) is 0 Å². The van der Waals surface area contributed by atoms with Crippen LogP contribution in [-0.2, 0) is 4.79 Å². The van der Waals surface area contributed by atoms with E-state index in [4.69, 9.17) is 5.73 Å². The van der Waals surface area contributed by atoms with Crippen molar-refractivity contribution in [1.29, 1.82) is 0 Å². The third kappa shape index (κ3) is 3.74. The van der Waals surface area contributed by atoms with Gasteiger partial charge >= 0.3 is 0 Å². The summed E-state index contributed by atoms with van der Waals surface area (Å²) in [5, 5.41) is 0. The molecule has 0 unspecified atom stereocenters. The number of primary amides is 1. The summed E-state index contributed by atoms with van der Waals surface area (Å²) in [4.78, 5) is 10.9. The normalized spacial score (nSPS) is 13.3. The number of rotatable bonds is 6. The molecule has 1 amide bonds. The Morgan fingerprint density at radius 3 is 1.92 bits per heavy atom. The lowest BCUT2D eigenvalue weighted by Gasteiger charge is -2.17. The summed E-state index contributed by atoms with van der Waals surface area (Å²) in [6.07, 6.45) is 4.16. The van der Waals surface area contributed by atoms with E-state index in [2.05, 4.69) is 13.8 Å². The molecular weight excluding hydrogens is 150 g/mol. The van der Waals surface area contributed by atoms with Gasteiger partial charge < -0.3 is 5.73 Å². The standard InChI is InChI=1S/C10H21NO/c1-4-8(5-2)7-9(6-3)10(11)12/h8-9H,4-7H2,1-3H3,(H2,11,12)/t9-/m1/s1. The Bertz CT molecular complexity index is 130. The second kappa shape index (κ2) is 6.04. The molecule has 0 spiro atoms. The zero-order valence-corrected chi connectivity index (χ0v) is 8.47. The Hall–Kier alpha value is -0.530. The lowest BCUT2D eigenvalue weighted by Crippen LogP contribution is -2.24. The molecule has 0 aliphatic carbocycles. The van der Waals surface area contributed by atoms with Crippen molar-refractivity contribution in [2.75, 3.05) is 0 Å². The van der Waals surface area contributed by atoms with E-state index in [1.54, 1.807) is 0 Å². The van der Waals surface area contributed by atoms with E-state index in [9.17, 15) is 4.79 Å². The number of hydrogen-bond acceptors (Lipinski definition) is 1. The maximum Gasteiger partial charge on any atom is 0.220 e. The van der Waals surface area contributed by atoms with Crippen molar-refractivity contribution in [1.82, 2.24) is 0 Å². The average molecular weight is 171 g/mol. The van der Waals surface area contributed by atoms with E-state index in [0.29, 0.717) is 5.92 Å². The molecule has 0 aromatic rings. The molecular formula is C10H21NO. The Balaban J connectivity index is 3.91. The molecule has 72 valence electrons. The molecule has 2 N–H and O–H groups in total. The molecule has 0 radical (unpaired) electrons. The first kappa shape index (κ1) is 11.5. The smallest absolute Gasteiger partial charge is 0.220 e. The number of carbonyl (C=O) groups excluding carboxylic acids is 1. The van der Waals surface area contributed by atoms with Gasteiger partial charge in [-0.15, -0.1) is 0 Å². The van der Waals surface area contributed by atoms with Crippen LogP contribution in [0.3, 0.4) is 0 Å². The Labute approximate surface area is 75.5 Å². The van der Waals surface area contributed by atoms with Crippen LogP contribution in [0.15, 0.2) is 0 Å². The van der Waals surface area contributed by atoms with Crippen molar-refractivity contribution in [3.05, 3.63) is 0 Å². The molecule has 0 aromatic carbocycles. The molecule has 0 saturated carbocycles. The fourth-order valence-corrected chi connectivity index (χ4v) is 1.51. The van der Waals surface area contributed by atoms with Crippen LogP contribution < -0.4 is 5.73 Å². The third-order valence-electron chi connectivity index (χ3n) is 2.67. The molecule has 0 aromatic heterocycles. The van der Waals surface area contributed by atoms with Gasteiger partial charge in [0, 0.05) is 5.92 Å². The number of carbonyl (C=O) groups is 1. The molecule has 0 rings (SSSR count). The lowest BCUT2D eigenvalue weighted by atomic mass is 9.89. The second-order valence-corrected chi connectivity index (χ2v) is 3.43. The van der Waals surface area contributed by atoms with Crippen LogP contribution in [0, 0.1) is 11.8 Å². The zero-order valence-electron chi connectivity index (χ0n) is 8.47. The van der Waals surface area contributed by atoms with Crippen LogP contribution in [-0.4, -0.2) is 5.91 Å². The topological polar surface area (TPSA) is 43.1 Å². The molecule has 2 nitrogen and oxygen atoms in total. The quantitative estimate of drug-likeness (QED) is 0.655. The van der Waals surface area contributed by atoms with Gasteiger partial charge in [-0.05, 0) is 18.8 Å². The number of amides is 1. The second-order valence-electron chi connectivity index (χ2n) is 3.43. The highest BCUT2D eigenvalue weighted by atomic mass is 16.1. The highest BCUT2D eigenvalue weighted by Crippen LogP contribution is 2.20. The Kier molecular flexibility index (Phi) is 5.77. The van der Waals surface area contributed by atoms with Crippen molar-refractivity contribution in [2.24, 2.45) is 17.6 Å². The molecule has 1 atom stereocenters. The molecule has 0 saturated heterocycles.